The van der Waals surface area contributed by atoms with E-state index in [0.717, 1.165) is 36.2 Å². The van der Waals surface area contributed by atoms with Gasteiger partial charge in [0.05, 0.1) is 18.8 Å². The zero-order valence-electron chi connectivity index (χ0n) is 11.8. The maximum atomic E-state index is 6.01. The van der Waals surface area contributed by atoms with Crippen molar-refractivity contribution in [2.24, 2.45) is 0 Å². The van der Waals surface area contributed by atoms with Gasteiger partial charge in [-0.05, 0) is 44.0 Å². The second-order valence-corrected chi connectivity index (χ2v) is 6.00. The number of ether oxygens (including phenoxy) is 2. The molecule has 106 valence electrons. The van der Waals surface area contributed by atoms with E-state index in [0.29, 0.717) is 0 Å². The van der Waals surface area contributed by atoms with E-state index in [1.54, 1.807) is 7.11 Å². The molecule has 0 spiro atoms. The van der Waals surface area contributed by atoms with Gasteiger partial charge in [-0.1, -0.05) is 28.9 Å². The van der Waals surface area contributed by atoms with Gasteiger partial charge in [-0.15, -0.1) is 0 Å². The van der Waals surface area contributed by atoms with Crippen LogP contribution in [-0.2, 0) is 4.74 Å². The standard InChI is InChI=1S/C15H22BrNO2/c1-4-17-14(15(2)8-5-9-19-15)12-7-6-11(18-3)10-13(12)16/h6-7,10,14,17H,4-5,8-9H2,1-3H3. The molecule has 1 N–H and O–H groups in total. The van der Waals surface area contributed by atoms with E-state index < -0.39 is 0 Å². The number of likely N-dealkylation sites (N-methyl/N-ethyl adjacent to an activating group) is 1. The highest BCUT2D eigenvalue weighted by Gasteiger charge is 2.39. The van der Waals surface area contributed by atoms with Crippen LogP contribution < -0.4 is 10.1 Å². The molecule has 0 aliphatic carbocycles. The normalized spacial score (nSPS) is 24.4. The number of nitrogens with one attached hydrogen (secondary N) is 1. The van der Waals surface area contributed by atoms with Gasteiger partial charge in [0.25, 0.3) is 0 Å². The molecule has 1 aromatic rings. The highest BCUT2D eigenvalue weighted by Crippen LogP contribution is 2.40. The highest BCUT2D eigenvalue weighted by atomic mass is 79.9. The van der Waals surface area contributed by atoms with Crippen molar-refractivity contribution in [2.45, 2.75) is 38.3 Å². The van der Waals surface area contributed by atoms with Crippen molar-refractivity contribution in [1.82, 2.24) is 5.32 Å². The SMILES string of the molecule is CCNC(c1ccc(OC)cc1Br)C1(C)CCCO1. The summed E-state index contributed by atoms with van der Waals surface area (Å²) in [6.45, 7) is 6.10. The van der Waals surface area contributed by atoms with Crippen LogP contribution in [0, 0.1) is 0 Å². The van der Waals surface area contributed by atoms with Crippen molar-refractivity contribution in [2.75, 3.05) is 20.3 Å². The zero-order valence-corrected chi connectivity index (χ0v) is 13.4. The van der Waals surface area contributed by atoms with Crippen molar-refractivity contribution in [3.63, 3.8) is 0 Å². The summed E-state index contributed by atoms with van der Waals surface area (Å²) >= 11 is 3.65. The lowest BCUT2D eigenvalue weighted by Gasteiger charge is -2.35. The first-order valence-electron chi connectivity index (χ1n) is 6.81. The van der Waals surface area contributed by atoms with E-state index in [2.05, 4.69) is 41.2 Å². The molecule has 19 heavy (non-hydrogen) atoms. The predicted octanol–water partition coefficient (Wildman–Crippen LogP) is 3.68. The van der Waals surface area contributed by atoms with E-state index >= 15 is 0 Å². The summed E-state index contributed by atoms with van der Waals surface area (Å²) in [5, 5.41) is 3.56. The molecule has 1 heterocycles. The van der Waals surface area contributed by atoms with E-state index in [9.17, 15) is 0 Å². The molecule has 4 heteroatoms. The van der Waals surface area contributed by atoms with E-state index in [1.165, 1.54) is 5.56 Å². The number of benzene rings is 1. The number of hydrogen-bond donors (Lipinski definition) is 1. The third kappa shape index (κ3) is 3.12. The fourth-order valence-electron chi connectivity index (χ4n) is 2.76. The van der Waals surface area contributed by atoms with E-state index in [-0.39, 0.29) is 11.6 Å². The average molecular weight is 328 g/mol. The molecule has 1 aromatic carbocycles. The second kappa shape index (κ2) is 6.25. The summed E-state index contributed by atoms with van der Waals surface area (Å²) < 4.78 is 12.3. The van der Waals surface area contributed by atoms with Gasteiger partial charge in [0.2, 0.25) is 0 Å². The first-order chi connectivity index (χ1) is 9.10. The average Bonchev–Trinajstić information content (AvgIpc) is 2.84. The van der Waals surface area contributed by atoms with Gasteiger partial charge >= 0.3 is 0 Å². The van der Waals surface area contributed by atoms with Crippen molar-refractivity contribution >= 4 is 15.9 Å². The molecule has 0 amide bonds. The van der Waals surface area contributed by atoms with Gasteiger partial charge in [0.1, 0.15) is 5.75 Å². The summed E-state index contributed by atoms with van der Waals surface area (Å²) in [6, 6.07) is 6.32. The first kappa shape index (κ1) is 14.8. The van der Waals surface area contributed by atoms with Crippen LogP contribution in [0.4, 0.5) is 0 Å². The fraction of sp³-hybridized carbons (Fsp3) is 0.600. The lowest BCUT2D eigenvalue weighted by molar-refractivity contribution is -0.0123. The smallest absolute Gasteiger partial charge is 0.120 e. The fourth-order valence-corrected chi connectivity index (χ4v) is 3.34. The lowest BCUT2D eigenvalue weighted by Crippen LogP contribution is -2.41. The topological polar surface area (TPSA) is 30.5 Å². The molecule has 1 fully saturated rings. The van der Waals surface area contributed by atoms with Gasteiger partial charge in [-0.2, -0.15) is 0 Å². The molecular weight excluding hydrogens is 306 g/mol. The first-order valence-corrected chi connectivity index (χ1v) is 7.61. The third-order valence-electron chi connectivity index (χ3n) is 3.79. The van der Waals surface area contributed by atoms with Crippen LogP contribution in [0.25, 0.3) is 0 Å². The number of hydrogen-bond acceptors (Lipinski definition) is 3. The largest absolute Gasteiger partial charge is 0.497 e. The van der Waals surface area contributed by atoms with Crippen LogP contribution >= 0.6 is 15.9 Å². The minimum Gasteiger partial charge on any atom is -0.497 e. The lowest BCUT2D eigenvalue weighted by atomic mass is 9.87. The Morgan fingerprint density at radius 2 is 2.32 bits per heavy atom. The minimum atomic E-state index is -0.132. The molecular formula is C15H22BrNO2. The van der Waals surface area contributed by atoms with Crippen LogP contribution in [0.2, 0.25) is 0 Å². The number of rotatable bonds is 5. The minimum absolute atomic E-state index is 0.132. The Bertz CT molecular complexity index is 430. The summed E-state index contributed by atoms with van der Waals surface area (Å²) in [6.07, 6.45) is 2.22. The molecule has 0 bridgehead atoms. The second-order valence-electron chi connectivity index (χ2n) is 5.14. The Kier molecular flexibility index (Phi) is 4.87. The monoisotopic (exact) mass is 327 g/mol. The Morgan fingerprint density at radius 1 is 1.53 bits per heavy atom. The van der Waals surface area contributed by atoms with Crippen LogP contribution in [0.3, 0.4) is 0 Å². The molecule has 0 saturated carbocycles. The highest BCUT2D eigenvalue weighted by molar-refractivity contribution is 9.10. The summed E-state index contributed by atoms with van der Waals surface area (Å²) in [4.78, 5) is 0. The summed E-state index contributed by atoms with van der Waals surface area (Å²) in [5.41, 5.74) is 1.10. The Morgan fingerprint density at radius 3 is 2.84 bits per heavy atom. The molecule has 0 radical (unpaired) electrons. The van der Waals surface area contributed by atoms with Crippen molar-refractivity contribution in [3.05, 3.63) is 28.2 Å². The molecule has 2 unspecified atom stereocenters. The summed E-state index contributed by atoms with van der Waals surface area (Å²) in [5.74, 6) is 0.864. The van der Waals surface area contributed by atoms with Crippen LogP contribution in [0.1, 0.15) is 38.3 Å². The van der Waals surface area contributed by atoms with E-state index in [1.807, 2.05) is 12.1 Å². The molecule has 1 saturated heterocycles. The van der Waals surface area contributed by atoms with Gasteiger partial charge in [0, 0.05) is 11.1 Å². The number of methoxy groups -OCH3 is 1. The Labute approximate surface area is 123 Å². The Balaban J connectivity index is 2.33. The maximum Gasteiger partial charge on any atom is 0.120 e. The van der Waals surface area contributed by atoms with Crippen molar-refractivity contribution in [3.8, 4) is 5.75 Å². The summed E-state index contributed by atoms with van der Waals surface area (Å²) in [7, 11) is 1.69. The van der Waals surface area contributed by atoms with Crippen molar-refractivity contribution < 1.29 is 9.47 Å². The molecule has 0 aromatic heterocycles. The van der Waals surface area contributed by atoms with Crippen molar-refractivity contribution in [1.29, 1.82) is 0 Å². The van der Waals surface area contributed by atoms with Crippen LogP contribution in [0.5, 0.6) is 5.75 Å². The number of halogens is 1. The molecule has 1 aliphatic heterocycles. The van der Waals surface area contributed by atoms with Gasteiger partial charge in [0.15, 0.2) is 0 Å². The third-order valence-corrected chi connectivity index (χ3v) is 4.47. The molecule has 3 nitrogen and oxygen atoms in total. The van der Waals surface area contributed by atoms with Crippen LogP contribution in [0.15, 0.2) is 22.7 Å². The van der Waals surface area contributed by atoms with Gasteiger partial charge < -0.3 is 14.8 Å². The molecule has 2 atom stereocenters. The van der Waals surface area contributed by atoms with Gasteiger partial charge in [-0.25, -0.2) is 0 Å². The Hall–Kier alpha value is -0.580. The maximum absolute atomic E-state index is 6.01. The van der Waals surface area contributed by atoms with Gasteiger partial charge in [-0.3, -0.25) is 0 Å². The quantitative estimate of drug-likeness (QED) is 0.894. The molecule has 2 rings (SSSR count). The predicted molar refractivity (Wildman–Crippen MR) is 80.7 cm³/mol. The van der Waals surface area contributed by atoms with E-state index in [4.69, 9.17) is 9.47 Å². The molecule has 1 aliphatic rings. The zero-order chi connectivity index (χ0) is 13.9. The van der Waals surface area contributed by atoms with Crippen LogP contribution in [-0.4, -0.2) is 25.9 Å².